The molecule has 3 aromatic carbocycles. The van der Waals surface area contributed by atoms with Gasteiger partial charge in [0.1, 0.15) is 0 Å². The van der Waals surface area contributed by atoms with Crippen molar-refractivity contribution in [3.63, 3.8) is 0 Å². The van der Waals surface area contributed by atoms with Crippen LogP contribution in [0, 0.1) is 0 Å². The van der Waals surface area contributed by atoms with Crippen LogP contribution in [0.3, 0.4) is 0 Å². The average Bonchev–Trinajstić information content (AvgIpc) is 2.61. The van der Waals surface area contributed by atoms with Gasteiger partial charge in [0, 0.05) is 10.5 Å². The molecule has 0 heterocycles. The molecule has 25 heavy (non-hydrogen) atoms. The molecule has 0 unspecified atom stereocenters. The number of hydrogen-bond donors (Lipinski definition) is 0. The molecule has 3 heteroatoms. The van der Waals surface area contributed by atoms with Crippen molar-refractivity contribution in [1.29, 1.82) is 0 Å². The first-order chi connectivity index (χ1) is 11.9. The monoisotopic (exact) mass is 362 g/mol. The van der Waals surface area contributed by atoms with E-state index in [0.717, 1.165) is 5.56 Å². The van der Waals surface area contributed by atoms with Gasteiger partial charge in [0.2, 0.25) is 0 Å². The number of benzene rings is 3. The summed E-state index contributed by atoms with van der Waals surface area (Å²) in [6.07, 6.45) is 1.85. The summed E-state index contributed by atoms with van der Waals surface area (Å²) in [4.78, 5) is 13.8. The third-order valence-corrected chi connectivity index (χ3v) is 8.60. The van der Waals surface area contributed by atoms with E-state index in [0.29, 0.717) is 0 Å². The quantitative estimate of drug-likeness (QED) is 0.221. The second kappa shape index (κ2) is 7.42. The molecule has 0 radical (unpaired) electrons. The largest absolute Gasteiger partial charge is 0.289 e. The Morgan fingerprint density at radius 3 is 2.16 bits per heavy atom. The van der Waals surface area contributed by atoms with Gasteiger partial charge in [-0.1, -0.05) is 92.1 Å². The Morgan fingerprint density at radius 1 is 0.840 bits per heavy atom. The number of carbonyl (C=O) groups is 1. The Morgan fingerprint density at radius 2 is 1.48 bits per heavy atom. The Kier molecular flexibility index (Phi) is 5.26. The molecule has 0 aliphatic heterocycles. The number of allylic oxidation sites excluding steroid dienone is 1. The van der Waals surface area contributed by atoms with Crippen LogP contribution in [0.25, 0.3) is 10.8 Å². The standard InChI is InChI=1S/C22H22OSSi/c1-25(2,3)22(16-21(23)18-10-5-4-6-11-18)24-20-14-13-17-9-7-8-12-19(17)15-20/h4-16H,1-3H3/b22-16-. The van der Waals surface area contributed by atoms with Gasteiger partial charge in [-0.25, -0.2) is 0 Å². The van der Waals surface area contributed by atoms with Crippen LogP contribution in [0.15, 0.2) is 88.3 Å². The summed E-state index contributed by atoms with van der Waals surface area (Å²) in [7, 11) is -1.63. The van der Waals surface area contributed by atoms with E-state index < -0.39 is 8.07 Å². The molecule has 3 rings (SSSR count). The van der Waals surface area contributed by atoms with Crippen LogP contribution in [-0.4, -0.2) is 13.9 Å². The maximum atomic E-state index is 12.6. The van der Waals surface area contributed by atoms with Gasteiger partial charge < -0.3 is 0 Å². The average molecular weight is 363 g/mol. The van der Waals surface area contributed by atoms with Gasteiger partial charge in [0.15, 0.2) is 5.78 Å². The molecule has 0 aliphatic carbocycles. The van der Waals surface area contributed by atoms with Gasteiger partial charge >= 0.3 is 0 Å². The molecular weight excluding hydrogens is 340 g/mol. The molecule has 0 saturated heterocycles. The molecule has 1 nitrogen and oxygen atoms in total. The molecule has 0 fully saturated rings. The number of fused-ring (bicyclic) bond motifs is 1. The van der Waals surface area contributed by atoms with Gasteiger partial charge in [-0.3, -0.25) is 4.79 Å². The summed E-state index contributed by atoms with van der Waals surface area (Å²) in [6, 6.07) is 24.4. The van der Waals surface area contributed by atoms with Crippen molar-refractivity contribution in [1.82, 2.24) is 0 Å². The molecule has 0 bridgehead atoms. The molecule has 126 valence electrons. The molecular formula is C22H22OSSi. The lowest BCUT2D eigenvalue weighted by atomic mass is 10.1. The van der Waals surface area contributed by atoms with Crippen LogP contribution in [0.4, 0.5) is 0 Å². The molecule has 3 aromatic rings. The zero-order valence-electron chi connectivity index (χ0n) is 14.8. The predicted octanol–water partition coefficient (Wildman–Crippen LogP) is 6.58. The topological polar surface area (TPSA) is 17.1 Å². The minimum Gasteiger partial charge on any atom is -0.289 e. The van der Waals surface area contributed by atoms with E-state index in [9.17, 15) is 4.79 Å². The molecule has 0 saturated carbocycles. The van der Waals surface area contributed by atoms with E-state index in [4.69, 9.17) is 0 Å². The molecule has 0 amide bonds. The number of thioether (sulfide) groups is 1. The van der Waals surface area contributed by atoms with E-state index in [1.807, 2.05) is 36.4 Å². The van der Waals surface area contributed by atoms with Crippen molar-refractivity contribution < 1.29 is 4.79 Å². The third kappa shape index (κ3) is 4.50. The fraction of sp³-hybridized carbons (Fsp3) is 0.136. The Labute approximate surface area is 154 Å². The van der Waals surface area contributed by atoms with E-state index in [-0.39, 0.29) is 5.78 Å². The van der Waals surface area contributed by atoms with Crippen LogP contribution in [0.5, 0.6) is 0 Å². The van der Waals surface area contributed by atoms with Crippen molar-refractivity contribution in [2.24, 2.45) is 0 Å². The second-order valence-electron chi connectivity index (χ2n) is 7.10. The van der Waals surface area contributed by atoms with Crippen molar-refractivity contribution >= 4 is 36.4 Å². The molecule has 0 aliphatic rings. The third-order valence-electron chi connectivity index (χ3n) is 4.01. The maximum absolute atomic E-state index is 12.6. The van der Waals surface area contributed by atoms with Crippen LogP contribution in [0.1, 0.15) is 10.4 Å². The van der Waals surface area contributed by atoms with Crippen LogP contribution in [0.2, 0.25) is 19.6 Å². The highest BCUT2D eigenvalue weighted by atomic mass is 32.2. The smallest absolute Gasteiger partial charge is 0.186 e. The highest BCUT2D eigenvalue weighted by Gasteiger charge is 2.22. The molecule has 0 atom stereocenters. The fourth-order valence-electron chi connectivity index (χ4n) is 2.56. The van der Waals surface area contributed by atoms with Crippen molar-refractivity contribution in [3.05, 3.63) is 89.0 Å². The van der Waals surface area contributed by atoms with E-state index in [1.165, 1.54) is 20.2 Å². The Bertz CT molecular complexity index is 923. The minimum atomic E-state index is -1.63. The number of rotatable bonds is 5. The first-order valence-electron chi connectivity index (χ1n) is 8.42. The summed E-state index contributed by atoms with van der Waals surface area (Å²) in [5.41, 5.74) is 0.748. The van der Waals surface area contributed by atoms with Crippen LogP contribution < -0.4 is 0 Å². The maximum Gasteiger partial charge on any atom is 0.186 e. The first kappa shape index (κ1) is 17.7. The van der Waals surface area contributed by atoms with Gasteiger partial charge in [-0.15, -0.1) is 0 Å². The molecule has 0 N–H and O–H groups in total. The summed E-state index contributed by atoms with van der Waals surface area (Å²) in [6.45, 7) is 6.85. The zero-order valence-corrected chi connectivity index (χ0v) is 16.6. The lowest BCUT2D eigenvalue weighted by Crippen LogP contribution is -2.23. The van der Waals surface area contributed by atoms with Gasteiger partial charge in [0.25, 0.3) is 0 Å². The number of carbonyl (C=O) groups excluding carboxylic acids is 1. The lowest BCUT2D eigenvalue weighted by molar-refractivity contribution is 0.104. The predicted molar refractivity (Wildman–Crippen MR) is 112 cm³/mol. The minimum absolute atomic E-state index is 0.0892. The summed E-state index contributed by atoms with van der Waals surface area (Å²) in [5.74, 6) is 0.0892. The SMILES string of the molecule is C[Si](C)(C)/C(=C\C(=O)c1ccccc1)Sc1ccc2ccccc2c1. The van der Waals surface area contributed by atoms with Crippen molar-refractivity contribution in [2.75, 3.05) is 0 Å². The van der Waals surface area contributed by atoms with Gasteiger partial charge in [-0.2, -0.15) is 0 Å². The van der Waals surface area contributed by atoms with E-state index in [2.05, 4.69) is 62.1 Å². The lowest BCUT2D eigenvalue weighted by Gasteiger charge is -2.20. The highest BCUT2D eigenvalue weighted by molar-refractivity contribution is 8.05. The van der Waals surface area contributed by atoms with Gasteiger partial charge in [-0.05, 0) is 33.5 Å². The summed E-state index contributed by atoms with van der Waals surface area (Å²) < 4.78 is 1.21. The Balaban J connectivity index is 1.93. The van der Waals surface area contributed by atoms with Crippen LogP contribution in [-0.2, 0) is 0 Å². The number of ketones is 1. The van der Waals surface area contributed by atoms with E-state index >= 15 is 0 Å². The highest BCUT2D eigenvalue weighted by Crippen LogP contribution is 2.35. The van der Waals surface area contributed by atoms with E-state index in [1.54, 1.807) is 11.8 Å². The van der Waals surface area contributed by atoms with Crippen molar-refractivity contribution in [2.45, 2.75) is 24.5 Å². The number of hydrogen-bond acceptors (Lipinski definition) is 2. The Hall–Kier alpha value is -2.10. The normalized spacial score (nSPS) is 12.4. The van der Waals surface area contributed by atoms with Gasteiger partial charge in [0.05, 0.1) is 8.07 Å². The zero-order chi connectivity index (χ0) is 17.9. The second-order valence-corrected chi connectivity index (χ2v) is 13.6. The summed E-state index contributed by atoms with van der Waals surface area (Å²) in [5, 5.41) is 2.47. The molecule has 0 spiro atoms. The first-order valence-corrected chi connectivity index (χ1v) is 12.7. The molecule has 0 aromatic heterocycles. The van der Waals surface area contributed by atoms with Crippen LogP contribution >= 0.6 is 11.8 Å². The fourth-order valence-corrected chi connectivity index (χ4v) is 5.45. The summed E-state index contributed by atoms with van der Waals surface area (Å²) >= 11 is 1.74. The van der Waals surface area contributed by atoms with Crippen molar-refractivity contribution in [3.8, 4) is 0 Å².